The smallest absolute Gasteiger partial charge is 0.271 e. The Hall–Kier alpha value is -1.28. The number of nitrogens with zero attached hydrogens (tertiary/aromatic N) is 2. The van der Waals surface area contributed by atoms with Gasteiger partial charge in [-0.3, -0.25) is 4.79 Å². The first-order valence-electron chi connectivity index (χ1n) is 5.69. The Bertz CT molecular complexity index is 597. The molecule has 0 aliphatic carbocycles. The normalized spacial score (nSPS) is 10.1. The van der Waals surface area contributed by atoms with Crippen molar-refractivity contribution in [2.45, 2.75) is 0 Å². The van der Waals surface area contributed by atoms with Crippen LogP contribution in [0.2, 0.25) is 0 Å². The van der Waals surface area contributed by atoms with E-state index in [4.69, 9.17) is 0 Å². The van der Waals surface area contributed by atoms with E-state index >= 15 is 0 Å². The van der Waals surface area contributed by atoms with E-state index in [1.54, 1.807) is 18.3 Å². The van der Waals surface area contributed by atoms with E-state index in [-0.39, 0.29) is 29.9 Å². The van der Waals surface area contributed by atoms with Crippen molar-refractivity contribution in [1.82, 2.24) is 5.43 Å². The van der Waals surface area contributed by atoms with Crippen molar-refractivity contribution < 1.29 is 33.3 Å². The fraction of sp³-hybridized carbons (Fsp3) is 0.0714. The van der Waals surface area contributed by atoms with E-state index in [1.807, 2.05) is 48.3 Å². The summed E-state index contributed by atoms with van der Waals surface area (Å²) < 4.78 is 2.87. The van der Waals surface area contributed by atoms with Gasteiger partial charge in [-0.15, -0.1) is 0 Å². The average molecular weight is 446 g/mol. The number of hydrogen-bond acceptors (Lipinski definition) is 2. The second kappa shape index (κ2) is 8.11. The molecule has 20 heavy (non-hydrogen) atoms. The summed E-state index contributed by atoms with van der Waals surface area (Å²) in [5.41, 5.74) is 3.99. The summed E-state index contributed by atoms with van der Waals surface area (Å²) in [7, 11) is 1.90. The molecule has 4 nitrogen and oxygen atoms in total. The molecule has 0 unspecified atom stereocenters. The van der Waals surface area contributed by atoms with Gasteiger partial charge in [0, 0.05) is 16.6 Å². The van der Waals surface area contributed by atoms with E-state index in [9.17, 15) is 4.79 Å². The van der Waals surface area contributed by atoms with E-state index in [0.29, 0.717) is 5.56 Å². The van der Waals surface area contributed by atoms with Gasteiger partial charge in [0.2, 0.25) is 0 Å². The van der Waals surface area contributed by atoms with Crippen LogP contribution in [0.25, 0.3) is 0 Å². The van der Waals surface area contributed by atoms with Crippen molar-refractivity contribution in [3.05, 3.63) is 64.4 Å². The first kappa shape index (κ1) is 16.8. The predicted octanol–water partition coefficient (Wildman–Crippen LogP) is -0.958. The zero-order chi connectivity index (χ0) is 13.7. The largest absolute Gasteiger partial charge is 1.00 e. The lowest BCUT2D eigenvalue weighted by Gasteiger charge is -1.98. The van der Waals surface area contributed by atoms with Crippen LogP contribution in [-0.4, -0.2) is 12.1 Å². The van der Waals surface area contributed by atoms with Crippen molar-refractivity contribution in [1.29, 1.82) is 0 Å². The molecular formula is C14H13BrIN3O. The minimum atomic E-state index is -0.228. The number of rotatable bonds is 3. The molecule has 1 amide bonds. The molecule has 0 saturated heterocycles. The Morgan fingerprint density at radius 1 is 1.20 bits per heavy atom. The van der Waals surface area contributed by atoms with Gasteiger partial charge in [-0.05, 0) is 17.7 Å². The van der Waals surface area contributed by atoms with Crippen molar-refractivity contribution in [2.75, 3.05) is 0 Å². The monoisotopic (exact) mass is 445 g/mol. The van der Waals surface area contributed by atoms with Crippen LogP contribution < -0.4 is 34.0 Å². The third-order valence-corrected chi connectivity index (χ3v) is 3.02. The minimum absolute atomic E-state index is 0. The molecule has 104 valence electrons. The quantitative estimate of drug-likeness (QED) is 0.281. The molecule has 0 bridgehead atoms. The van der Waals surface area contributed by atoms with Crippen LogP contribution in [0.4, 0.5) is 0 Å². The fourth-order valence-electron chi connectivity index (χ4n) is 1.43. The molecule has 0 fully saturated rings. The highest BCUT2D eigenvalue weighted by molar-refractivity contribution is 9.10. The van der Waals surface area contributed by atoms with E-state index in [1.165, 1.54) is 0 Å². The number of pyridine rings is 1. The Balaban J connectivity index is 0.00000200. The summed E-state index contributed by atoms with van der Waals surface area (Å²) in [6.45, 7) is 0. The lowest BCUT2D eigenvalue weighted by Crippen LogP contribution is -3.00. The van der Waals surface area contributed by atoms with Gasteiger partial charge in [0.1, 0.15) is 7.05 Å². The maximum absolute atomic E-state index is 11.8. The number of hydrazone groups is 1. The van der Waals surface area contributed by atoms with Gasteiger partial charge in [-0.25, -0.2) is 9.99 Å². The highest BCUT2D eigenvalue weighted by atomic mass is 127. The Labute approximate surface area is 143 Å². The van der Waals surface area contributed by atoms with Crippen molar-refractivity contribution in [3.8, 4) is 0 Å². The molecule has 0 atom stereocenters. The molecule has 1 aromatic carbocycles. The van der Waals surface area contributed by atoms with E-state index < -0.39 is 0 Å². The molecular weight excluding hydrogens is 433 g/mol. The zero-order valence-electron chi connectivity index (χ0n) is 10.8. The van der Waals surface area contributed by atoms with Crippen LogP contribution in [0, 0.1) is 0 Å². The average Bonchev–Trinajstić information content (AvgIpc) is 2.41. The minimum Gasteiger partial charge on any atom is -1.00 e. The molecule has 0 aliphatic rings. The van der Waals surface area contributed by atoms with Gasteiger partial charge >= 0.3 is 0 Å². The number of amides is 1. The fourth-order valence-corrected chi connectivity index (χ4v) is 1.70. The van der Waals surface area contributed by atoms with Crippen LogP contribution >= 0.6 is 15.9 Å². The van der Waals surface area contributed by atoms with Gasteiger partial charge in [0.05, 0.1) is 11.8 Å². The number of carbonyl (C=O) groups excluding carboxylic acids is 1. The molecule has 0 spiro atoms. The molecule has 0 radical (unpaired) electrons. The maximum Gasteiger partial charge on any atom is 0.271 e. The highest BCUT2D eigenvalue weighted by Gasteiger charge is 2.04. The highest BCUT2D eigenvalue weighted by Crippen LogP contribution is 2.08. The molecule has 1 N–H and O–H groups in total. The second-order valence-electron chi connectivity index (χ2n) is 4.00. The lowest BCUT2D eigenvalue weighted by atomic mass is 10.2. The summed E-state index contributed by atoms with van der Waals surface area (Å²) in [6.07, 6.45) is 5.23. The standard InChI is InChI=1S/C14H12BrN3O.HI/c1-18-8-6-12(7-9-18)14(19)17-16-10-11-2-4-13(15)5-3-11;/h2-10H,1H3;1H. The maximum atomic E-state index is 11.8. The van der Waals surface area contributed by atoms with Crippen LogP contribution in [-0.2, 0) is 7.05 Å². The predicted molar refractivity (Wildman–Crippen MR) is 76.8 cm³/mol. The molecule has 6 heteroatoms. The number of aryl methyl sites for hydroxylation is 1. The SMILES string of the molecule is C[n+]1ccc(C(=O)N/N=C/c2ccc(Br)cc2)cc1.[I-]. The first-order chi connectivity index (χ1) is 9.15. The number of carbonyl (C=O) groups is 1. The zero-order valence-corrected chi connectivity index (χ0v) is 14.5. The molecule has 2 rings (SSSR count). The summed E-state index contributed by atoms with van der Waals surface area (Å²) in [6, 6.07) is 11.1. The number of nitrogens with one attached hydrogen (secondary N) is 1. The second-order valence-corrected chi connectivity index (χ2v) is 4.92. The molecule has 2 aromatic rings. The van der Waals surface area contributed by atoms with Gasteiger partial charge < -0.3 is 24.0 Å². The van der Waals surface area contributed by atoms with E-state index in [0.717, 1.165) is 10.0 Å². The Morgan fingerprint density at radius 3 is 2.40 bits per heavy atom. The van der Waals surface area contributed by atoms with Gasteiger partial charge in [-0.1, -0.05) is 28.1 Å². The summed E-state index contributed by atoms with van der Waals surface area (Å²) in [5, 5.41) is 3.92. The number of benzene rings is 1. The first-order valence-corrected chi connectivity index (χ1v) is 6.49. The van der Waals surface area contributed by atoms with Gasteiger partial charge in [0.15, 0.2) is 12.4 Å². The number of aromatic nitrogens is 1. The lowest BCUT2D eigenvalue weighted by molar-refractivity contribution is -0.671. The van der Waals surface area contributed by atoms with Gasteiger partial charge in [0.25, 0.3) is 5.91 Å². The topological polar surface area (TPSA) is 45.3 Å². The third kappa shape index (κ3) is 5.01. The Kier molecular flexibility index (Phi) is 6.80. The summed E-state index contributed by atoms with van der Waals surface area (Å²) in [5.74, 6) is -0.228. The van der Waals surface area contributed by atoms with Crippen LogP contribution in [0.15, 0.2) is 58.4 Å². The van der Waals surface area contributed by atoms with Gasteiger partial charge in [-0.2, -0.15) is 5.10 Å². The molecule has 1 aromatic heterocycles. The molecule has 0 saturated carbocycles. The van der Waals surface area contributed by atoms with Crippen LogP contribution in [0.1, 0.15) is 15.9 Å². The number of halogens is 2. The molecule has 1 heterocycles. The van der Waals surface area contributed by atoms with E-state index in [2.05, 4.69) is 26.5 Å². The van der Waals surface area contributed by atoms with Crippen molar-refractivity contribution in [2.24, 2.45) is 12.1 Å². The molecule has 0 aliphatic heterocycles. The summed E-state index contributed by atoms with van der Waals surface area (Å²) in [4.78, 5) is 11.8. The van der Waals surface area contributed by atoms with Crippen LogP contribution in [0.3, 0.4) is 0 Å². The van der Waals surface area contributed by atoms with Crippen LogP contribution in [0.5, 0.6) is 0 Å². The summed E-state index contributed by atoms with van der Waals surface area (Å²) >= 11 is 3.36. The number of hydrogen-bond donors (Lipinski definition) is 1. The Morgan fingerprint density at radius 2 is 1.80 bits per heavy atom. The van der Waals surface area contributed by atoms with Crippen molar-refractivity contribution in [3.63, 3.8) is 0 Å². The van der Waals surface area contributed by atoms with Crippen molar-refractivity contribution >= 4 is 28.1 Å². The third-order valence-electron chi connectivity index (χ3n) is 2.49.